The number of nitrogens with one attached hydrogen (secondary N) is 1. The largest absolute Gasteiger partial charge is 0.356 e. The van der Waals surface area contributed by atoms with Crippen molar-refractivity contribution in [3.8, 4) is 0 Å². The highest BCUT2D eigenvalue weighted by Gasteiger charge is 2.27. The number of guanidine groups is 1. The highest BCUT2D eigenvalue weighted by Crippen LogP contribution is 2.26. The third kappa shape index (κ3) is 5.39. The SMILES string of the molecule is Cc1nnc(CN=C(NCCc2cccs2)N2CCC(c3cnn(C)c3)C2)n1C.I. The van der Waals surface area contributed by atoms with Gasteiger partial charge in [0.05, 0.1) is 6.20 Å². The summed E-state index contributed by atoms with van der Waals surface area (Å²) in [5.41, 5.74) is 1.30. The number of hydrogen-bond acceptors (Lipinski definition) is 5. The first-order valence-electron chi connectivity index (χ1n) is 9.99. The molecule has 4 heterocycles. The first-order valence-corrected chi connectivity index (χ1v) is 10.9. The molecule has 0 radical (unpaired) electrons. The van der Waals surface area contributed by atoms with Crippen LogP contribution >= 0.6 is 35.3 Å². The van der Waals surface area contributed by atoms with E-state index in [1.165, 1.54) is 10.4 Å². The number of rotatable bonds is 6. The van der Waals surface area contributed by atoms with Crippen LogP contribution in [0, 0.1) is 6.92 Å². The third-order valence-electron chi connectivity index (χ3n) is 5.47. The lowest BCUT2D eigenvalue weighted by molar-refractivity contribution is 0.483. The molecule has 0 aromatic carbocycles. The summed E-state index contributed by atoms with van der Waals surface area (Å²) in [6.07, 6.45) is 6.22. The number of aromatic nitrogens is 5. The lowest BCUT2D eigenvalue weighted by Crippen LogP contribution is -2.41. The van der Waals surface area contributed by atoms with Crippen LogP contribution in [0.4, 0.5) is 0 Å². The summed E-state index contributed by atoms with van der Waals surface area (Å²) >= 11 is 1.80. The number of halogens is 1. The van der Waals surface area contributed by atoms with Crippen LogP contribution in [0.15, 0.2) is 34.9 Å². The first kappa shape index (κ1) is 22.7. The van der Waals surface area contributed by atoms with Crippen molar-refractivity contribution in [1.29, 1.82) is 0 Å². The quantitative estimate of drug-likeness (QED) is 0.296. The fraction of sp³-hybridized carbons (Fsp3) is 0.500. The van der Waals surface area contributed by atoms with Crippen LogP contribution in [-0.2, 0) is 27.1 Å². The molecule has 30 heavy (non-hydrogen) atoms. The Bertz CT molecular complexity index is 962. The van der Waals surface area contributed by atoms with E-state index in [2.05, 4.69) is 49.2 Å². The molecule has 162 valence electrons. The van der Waals surface area contributed by atoms with Gasteiger partial charge < -0.3 is 14.8 Å². The van der Waals surface area contributed by atoms with Crippen molar-refractivity contribution in [2.45, 2.75) is 32.2 Å². The van der Waals surface area contributed by atoms with Gasteiger partial charge in [0.15, 0.2) is 11.8 Å². The van der Waals surface area contributed by atoms with Gasteiger partial charge in [0.2, 0.25) is 0 Å². The average molecular weight is 540 g/mol. The molecule has 0 aliphatic carbocycles. The van der Waals surface area contributed by atoms with Gasteiger partial charge in [-0.1, -0.05) is 6.07 Å². The second kappa shape index (κ2) is 10.4. The van der Waals surface area contributed by atoms with E-state index >= 15 is 0 Å². The van der Waals surface area contributed by atoms with E-state index in [4.69, 9.17) is 4.99 Å². The molecule has 1 N–H and O–H groups in total. The van der Waals surface area contributed by atoms with Crippen LogP contribution < -0.4 is 5.32 Å². The van der Waals surface area contributed by atoms with Crippen molar-refractivity contribution >= 4 is 41.3 Å². The van der Waals surface area contributed by atoms with E-state index in [1.54, 1.807) is 11.3 Å². The van der Waals surface area contributed by atoms with Gasteiger partial charge in [-0.05, 0) is 36.8 Å². The molecule has 0 saturated carbocycles. The second-order valence-corrected chi connectivity index (χ2v) is 8.53. The van der Waals surface area contributed by atoms with E-state index in [1.807, 2.05) is 36.5 Å². The summed E-state index contributed by atoms with van der Waals surface area (Å²) in [4.78, 5) is 8.63. The molecule has 0 amide bonds. The molecule has 1 aliphatic rings. The Morgan fingerprint density at radius 3 is 2.87 bits per heavy atom. The van der Waals surface area contributed by atoms with Crippen LogP contribution in [0.3, 0.4) is 0 Å². The smallest absolute Gasteiger partial charge is 0.194 e. The highest BCUT2D eigenvalue weighted by atomic mass is 127. The Kier molecular flexibility index (Phi) is 7.87. The molecule has 1 unspecified atom stereocenters. The van der Waals surface area contributed by atoms with Crippen molar-refractivity contribution in [1.82, 2.24) is 34.8 Å². The lowest BCUT2D eigenvalue weighted by Gasteiger charge is -2.22. The predicted molar refractivity (Wildman–Crippen MR) is 130 cm³/mol. The maximum atomic E-state index is 4.89. The van der Waals surface area contributed by atoms with Gasteiger partial charge in [0, 0.05) is 50.7 Å². The summed E-state index contributed by atoms with van der Waals surface area (Å²) in [6.45, 7) is 5.29. The maximum Gasteiger partial charge on any atom is 0.194 e. The molecular weight excluding hydrogens is 511 g/mol. The monoisotopic (exact) mass is 540 g/mol. The molecular formula is C20H29IN8S. The Morgan fingerprint density at radius 1 is 1.33 bits per heavy atom. The molecule has 1 atom stereocenters. The number of aryl methyl sites for hydroxylation is 2. The van der Waals surface area contributed by atoms with Crippen LogP contribution in [0.25, 0.3) is 0 Å². The van der Waals surface area contributed by atoms with Gasteiger partial charge in [-0.3, -0.25) is 4.68 Å². The number of likely N-dealkylation sites (tertiary alicyclic amines) is 1. The topological polar surface area (TPSA) is 76.2 Å². The molecule has 1 fully saturated rings. The molecule has 3 aromatic rings. The van der Waals surface area contributed by atoms with E-state index in [9.17, 15) is 0 Å². The zero-order chi connectivity index (χ0) is 20.2. The van der Waals surface area contributed by atoms with Crippen molar-refractivity contribution in [3.63, 3.8) is 0 Å². The molecule has 0 spiro atoms. The van der Waals surface area contributed by atoms with E-state index in [-0.39, 0.29) is 24.0 Å². The summed E-state index contributed by atoms with van der Waals surface area (Å²) in [5.74, 6) is 3.22. The zero-order valence-electron chi connectivity index (χ0n) is 17.7. The minimum Gasteiger partial charge on any atom is -0.356 e. The third-order valence-corrected chi connectivity index (χ3v) is 6.41. The summed E-state index contributed by atoms with van der Waals surface area (Å²) in [5, 5.41) is 18.4. The van der Waals surface area contributed by atoms with Crippen molar-refractivity contribution in [3.05, 3.63) is 52.0 Å². The normalized spacial score (nSPS) is 16.7. The molecule has 1 aliphatic heterocycles. The Balaban J connectivity index is 0.00000256. The number of nitrogens with zero attached hydrogens (tertiary/aromatic N) is 7. The van der Waals surface area contributed by atoms with Gasteiger partial charge >= 0.3 is 0 Å². The number of thiophene rings is 1. The standard InChI is InChI=1S/C20H28N8S.HI/c1-15-24-25-19(27(15)3)12-22-20(21-8-6-18-5-4-10-29-18)28-9-7-16(14-28)17-11-23-26(2)13-17;/h4-5,10-11,13,16H,6-9,12,14H2,1-3H3,(H,21,22);1H. The van der Waals surface area contributed by atoms with E-state index in [0.717, 1.165) is 50.1 Å². The Hall–Kier alpha value is -1.95. The van der Waals surface area contributed by atoms with Crippen molar-refractivity contribution < 1.29 is 0 Å². The molecule has 1 saturated heterocycles. The van der Waals surface area contributed by atoms with Gasteiger partial charge in [-0.25, -0.2) is 4.99 Å². The van der Waals surface area contributed by atoms with Gasteiger partial charge in [0.1, 0.15) is 12.4 Å². The fourth-order valence-electron chi connectivity index (χ4n) is 3.63. The number of hydrogen-bond donors (Lipinski definition) is 1. The van der Waals surface area contributed by atoms with Crippen LogP contribution in [0.1, 0.15) is 34.4 Å². The van der Waals surface area contributed by atoms with E-state index in [0.29, 0.717) is 12.5 Å². The Labute approximate surface area is 198 Å². The molecule has 0 bridgehead atoms. The van der Waals surface area contributed by atoms with Crippen LogP contribution in [-0.4, -0.2) is 55.0 Å². The highest BCUT2D eigenvalue weighted by molar-refractivity contribution is 14.0. The second-order valence-electron chi connectivity index (χ2n) is 7.50. The molecule has 10 heteroatoms. The molecule has 4 rings (SSSR count). The first-order chi connectivity index (χ1) is 14.1. The number of aliphatic imine (C=N–C) groups is 1. The van der Waals surface area contributed by atoms with Gasteiger partial charge in [-0.2, -0.15) is 5.10 Å². The minimum atomic E-state index is 0. The summed E-state index contributed by atoms with van der Waals surface area (Å²) in [6, 6.07) is 4.28. The zero-order valence-corrected chi connectivity index (χ0v) is 20.8. The fourth-order valence-corrected chi connectivity index (χ4v) is 4.34. The van der Waals surface area contributed by atoms with Crippen molar-refractivity contribution in [2.24, 2.45) is 19.1 Å². The van der Waals surface area contributed by atoms with Gasteiger partial charge in [-0.15, -0.1) is 45.5 Å². The van der Waals surface area contributed by atoms with Crippen LogP contribution in [0.2, 0.25) is 0 Å². The van der Waals surface area contributed by atoms with Crippen LogP contribution in [0.5, 0.6) is 0 Å². The average Bonchev–Trinajstić information content (AvgIpc) is 3.49. The van der Waals surface area contributed by atoms with E-state index < -0.39 is 0 Å². The minimum absolute atomic E-state index is 0. The molecule has 8 nitrogen and oxygen atoms in total. The lowest BCUT2D eigenvalue weighted by atomic mass is 10.0. The predicted octanol–water partition coefficient (Wildman–Crippen LogP) is 2.71. The molecule has 3 aromatic heterocycles. The van der Waals surface area contributed by atoms with Gasteiger partial charge in [0.25, 0.3) is 0 Å². The maximum absolute atomic E-state index is 4.89. The summed E-state index contributed by atoms with van der Waals surface area (Å²) < 4.78 is 3.87. The van der Waals surface area contributed by atoms with Crippen molar-refractivity contribution in [2.75, 3.05) is 19.6 Å². The Morgan fingerprint density at radius 2 is 2.20 bits per heavy atom. The summed E-state index contributed by atoms with van der Waals surface area (Å²) in [7, 11) is 3.95.